The van der Waals surface area contributed by atoms with Crippen LogP contribution in [0.2, 0.25) is 0 Å². The molecule has 3 heteroatoms. The summed E-state index contributed by atoms with van der Waals surface area (Å²) in [7, 11) is 0. The Morgan fingerprint density at radius 3 is 2.50 bits per heavy atom. The minimum atomic E-state index is -0.543. The number of carbonyl (C=O) groups is 1. The van der Waals surface area contributed by atoms with Crippen molar-refractivity contribution in [3.8, 4) is 0 Å². The largest absolute Gasteiger partial charge is 0.393 e. The van der Waals surface area contributed by atoms with Gasteiger partial charge in [-0.15, -0.1) is 0 Å². The second-order valence-electron chi connectivity index (χ2n) is 3.31. The zero-order valence-corrected chi connectivity index (χ0v) is 8.13. The maximum Gasteiger partial charge on any atom is 0.222 e. The molecule has 0 radical (unpaired) electrons. The summed E-state index contributed by atoms with van der Waals surface area (Å²) in [5.41, 5.74) is 0. The first-order valence-corrected chi connectivity index (χ1v) is 4.53. The van der Waals surface area contributed by atoms with Gasteiger partial charge in [-0.2, -0.15) is 0 Å². The molecular formula is C9H19NO2. The number of aliphatic hydroxyl groups is 1. The third kappa shape index (κ3) is 6.16. The Morgan fingerprint density at radius 1 is 1.50 bits per heavy atom. The monoisotopic (exact) mass is 173 g/mol. The molecule has 2 unspecified atom stereocenters. The molecule has 0 aliphatic rings. The van der Waals surface area contributed by atoms with Crippen LogP contribution in [0.3, 0.4) is 0 Å². The molecule has 0 heterocycles. The first kappa shape index (κ1) is 11.4. The number of nitrogens with one attached hydrogen (secondary N) is 1. The molecule has 0 saturated carbocycles. The van der Waals surface area contributed by atoms with Crippen LogP contribution in [0.15, 0.2) is 0 Å². The fourth-order valence-corrected chi connectivity index (χ4v) is 1.11. The molecule has 0 aromatic carbocycles. The Bertz CT molecular complexity index is 134. The van der Waals surface area contributed by atoms with E-state index in [-0.39, 0.29) is 18.4 Å². The predicted octanol–water partition coefficient (Wildman–Crippen LogP) is 1.06. The van der Waals surface area contributed by atoms with Crippen molar-refractivity contribution in [3.05, 3.63) is 0 Å². The molecule has 1 amide bonds. The SMILES string of the molecule is CCCC(C)NC(=O)CC(C)O. The van der Waals surface area contributed by atoms with Crippen molar-refractivity contribution in [2.75, 3.05) is 0 Å². The van der Waals surface area contributed by atoms with E-state index in [0.717, 1.165) is 12.8 Å². The summed E-state index contributed by atoms with van der Waals surface area (Å²) in [6.45, 7) is 5.67. The van der Waals surface area contributed by atoms with Crippen molar-refractivity contribution in [1.82, 2.24) is 5.32 Å². The van der Waals surface area contributed by atoms with Gasteiger partial charge in [0.2, 0.25) is 5.91 Å². The van der Waals surface area contributed by atoms with Gasteiger partial charge in [0, 0.05) is 6.04 Å². The average molecular weight is 173 g/mol. The number of rotatable bonds is 5. The number of carbonyl (C=O) groups excluding carboxylic acids is 1. The van der Waals surface area contributed by atoms with Crippen molar-refractivity contribution in [1.29, 1.82) is 0 Å². The summed E-state index contributed by atoms with van der Waals surface area (Å²) in [4.78, 5) is 11.1. The van der Waals surface area contributed by atoms with Crippen molar-refractivity contribution in [2.45, 2.75) is 52.2 Å². The molecule has 0 aliphatic heterocycles. The molecule has 3 nitrogen and oxygen atoms in total. The van der Waals surface area contributed by atoms with E-state index < -0.39 is 6.10 Å². The molecule has 2 atom stereocenters. The van der Waals surface area contributed by atoms with Gasteiger partial charge in [-0.1, -0.05) is 13.3 Å². The summed E-state index contributed by atoms with van der Waals surface area (Å²) >= 11 is 0. The lowest BCUT2D eigenvalue weighted by Gasteiger charge is -2.13. The third-order valence-corrected chi connectivity index (χ3v) is 1.61. The number of hydrogen-bond acceptors (Lipinski definition) is 2. The van der Waals surface area contributed by atoms with Gasteiger partial charge in [0.25, 0.3) is 0 Å². The van der Waals surface area contributed by atoms with Crippen LogP contribution in [0.25, 0.3) is 0 Å². The van der Waals surface area contributed by atoms with Crippen molar-refractivity contribution in [3.63, 3.8) is 0 Å². The average Bonchev–Trinajstić information content (AvgIpc) is 1.84. The van der Waals surface area contributed by atoms with Gasteiger partial charge in [-0.25, -0.2) is 0 Å². The van der Waals surface area contributed by atoms with Gasteiger partial charge in [-0.3, -0.25) is 4.79 Å². The zero-order valence-electron chi connectivity index (χ0n) is 8.13. The van der Waals surface area contributed by atoms with E-state index in [9.17, 15) is 4.79 Å². The molecule has 72 valence electrons. The molecule has 0 bridgehead atoms. The first-order valence-electron chi connectivity index (χ1n) is 4.53. The Balaban J connectivity index is 3.54. The van der Waals surface area contributed by atoms with E-state index in [0.29, 0.717) is 0 Å². The molecule has 0 aromatic rings. The fourth-order valence-electron chi connectivity index (χ4n) is 1.11. The van der Waals surface area contributed by atoms with Crippen LogP contribution in [0.5, 0.6) is 0 Å². The van der Waals surface area contributed by atoms with Crippen LogP contribution in [-0.2, 0) is 4.79 Å². The Morgan fingerprint density at radius 2 is 2.08 bits per heavy atom. The van der Waals surface area contributed by atoms with Crippen molar-refractivity contribution < 1.29 is 9.90 Å². The van der Waals surface area contributed by atoms with E-state index >= 15 is 0 Å². The minimum Gasteiger partial charge on any atom is -0.393 e. The summed E-state index contributed by atoms with van der Waals surface area (Å²) in [6.07, 6.45) is 1.72. The normalized spacial score (nSPS) is 15.3. The lowest BCUT2D eigenvalue weighted by molar-refractivity contribution is -0.123. The van der Waals surface area contributed by atoms with E-state index in [1.807, 2.05) is 6.92 Å². The molecule has 2 N–H and O–H groups in total. The Hall–Kier alpha value is -0.570. The van der Waals surface area contributed by atoms with Crippen LogP contribution in [-0.4, -0.2) is 23.2 Å². The molecular weight excluding hydrogens is 154 g/mol. The second kappa shape index (κ2) is 6.00. The summed E-state index contributed by atoms with van der Waals surface area (Å²) in [5.74, 6) is -0.0639. The highest BCUT2D eigenvalue weighted by atomic mass is 16.3. The molecule has 0 fully saturated rings. The molecule has 0 aliphatic carbocycles. The summed E-state index contributed by atoms with van der Waals surface area (Å²) in [6, 6.07) is 0.223. The molecule has 0 aromatic heterocycles. The highest BCUT2D eigenvalue weighted by Gasteiger charge is 2.08. The maximum atomic E-state index is 11.1. The fraction of sp³-hybridized carbons (Fsp3) is 0.889. The van der Waals surface area contributed by atoms with Crippen LogP contribution < -0.4 is 5.32 Å². The van der Waals surface area contributed by atoms with Gasteiger partial charge in [0.15, 0.2) is 0 Å². The standard InChI is InChI=1S/C9H19NO2/c1-4-5-7(2)10-9(12)6-8(3)11/h7-8,11H,4-6H2,1-3H3,(H,10,12). The zero-order chi connectivity index (χ0) is 9.56. The lowest BCUT2D eigenvalue weighted by Crippen LogP contribution is -2.34. The van der Waals surface area contributed by atoms with Gasteiger partial charge < -0.3 is 10.4 Å². The van der Waals surface area contributed by atoms with E-state index in [1.54, 1.807) is 6.92 Å². The summed E-state index contributed by atoms with van der Waals surface area (Å²) in [5, 5.41) is 11.7. The number of hydrogen-bond donors (Lipinski definition) is 2. The van der Waals surface area contributed by atoms with Crippen LogP contribution in [0.4, 0.5) is 0 Å². The van der Waals surface area contributed by atoms with E-state index in [2.05, 4.69) is 12.2 Å². The third-order valence-electron chi connectivity index (χ3n) is 1.61. The van der Waals surface area contributed by atoms with Gasteiger partial charge >= 0.3 is 0 Å². The van der Waals surface area contributed by atoms with Crippen LogP contribution in [0, 0.1) is 0 Å². The Kier molecular flexibility index (Phi) is 5.72. The minimum absolute atomic E-state index is 0.0639. The number of amides is 1. The van der Waals surface area contributed by atoms with Gasteiger partial charge in [-0.05, 0) is 20.3 Å². The van der Waals surface area contributed by atoms with Crippen LogP contribution >= 0.6 is 0 Å². The Labute approximate surface area is 74.2 Å². The quantitative estimate of drug-likeness (QED) is 0.653. The highest BCUT2D eigenvalue weighted by Crippen LogP contribution is 1.96. The van der Waals surface area contributed by atoms with Gasteiger partial charge in [0.1, 0.15) is 0 Å². The second-order valence-corrected chi connectivity index (χ2v) is 3.31. The smallest absolute Gasteiger partial charge is 0.222 e. The highest BCUT2D eigenvalue weighted by molar-refractivity contribution is 5.76. The molecule has 0 saturated heterocycles. The molecule has 12 heavy (non-hydrogen) atoms. The predicted molar refractivity (Wildman–Crippen MR) is 48.8 cm³/mol. The van der Waals surface area contributed by atoms with Crippen molar-refractivity contribution >= 4 is 5.91 Å². The van der Waals surface area contributed by atoms with E-state index in [4.69, 9.17) is 5.11 Å². The molecule has 0 spiro atoms. The lowest BCUT2D eigenvalue weighted by atomic mass is 10.2. The number of aliphatic hydroxyl groups excluding tert-OH is 1. The van der Waals surface area contributed by atoms with Gasteiger partial charge in [0.05, 0.1) is 12.5 Å². The van der Waals surface area contributed by atoms with Crippen molar-refractivity contribution in [2.24, 2.45) is 0 Å². The topological polar surface area (TPSA) is 49.3 Å². The summed E-state index contributed by atoms with van der Waals surface area (Å²) < 4.78 is 0. The molecule has 0 rings (SSSR count). The van der Waals surface area contributed by atoms with Crippen LogP contribution in [0.1, 0.15) is 40.0 Å². The first-order chi connectivity index (χ1) is 5.56. The maximum absolute atomic E-state index is 11.1. The van der Waals surface area contributed by atoms with E-state index in [1.165, 1.54) is 0 Å².